The summed E-state index contributed by atoms with van der Waals surface area (Å²) in [5, 5.41) is 7.63. The minimum absolute atomic E-state index is 0.248. The Labute approximate surface area is 84.1 Å². The van der Waals surface area contributed by atoms with Crippen molar-refractivity contribution >= 4 is 11.6 Å². The molecule has 0 aliphatic rings. The molecule has 0 aliphatic carbocycles. The first kappa shape index (κ1) is 10.5. The number of aromatic nitrogens is 2. The molecule has 1 atom stereocenters. The third-order valence-electron chi connectivity index (χ3n) is 1.89. The third-order valence-corrected chi connectivity index (χ3v) is 2.35. The van der Waals surface area contributed by atoms with Gasteiger partial charge in [0.2, 0.25) is 0 Å². The Morgan fingerprint density at radius 2 is 2.46 bits per heavy atom. The van der Waals surface area contributed by atoms with Crippen LogP contribution < -0.4 is 5.32 Å². The van der Waals surface area contributed by atoms with Gasteiger partial charge in [-0.05, 0) is 12.5 Å². The van der Waals surface area contributed by atoms with Gasteiger partial charge >= 0.3 is 0 Å². The van der Waals surface area contributed by atoms with E-state index in [1.165, 1.54) is 0 Å². The van der Waals surface area contributed by atoms with Crippen LogP contribution >= 0.6 is 11.6 Å². The maximum atomic E-state index is 5.94. The van der Waals surface area contributed by atoms with E-state index in [-0.39, 0.29) is 5.38 Å². The number of alkyl halides is 1. The molecular formula is C9H16ClN3. The second kappa shape index (κ2) is 6.00. The third kappa shape index (κ3) is 4.29. The molecule has 0 spiro atoms. The highest BCUT2D eigenvalue weighted by Crippen LogP contribution is 1.97. The number of halogens is 1. The van der Waals surface area contributed by atoms with Crippen LogP contribution in [0.15, 0.2) is 18.5 Å². The van der Waals surface area contributed by atoms with Crippen LogP contribution in [0, 0.1) is 0 Å². The van der Waals surface area contributed by atoms with Gasteiger partial charge in [-0.25, -0.2) is 0 Å². The largest absolute Gasteiger partial charge is 0.313 e. The van der Waals surface area contributed by atoms with Crippen LogP contribution in [0.2, 0.25) is 0 Å². The van der Waals surface area contributed by atoms with Crippen molar-refractivity contribution in [1.29, 1.82) is 0 Å². The lowest BCUT2D eigenvalue weighted by atomic mass is 10.3. The molecule has 1 unspecified atom stereocenters. The molecule has 13 heavy (non-hydrogen) atoms. The van der Waals surface area contributed by atoms with Gasteiger partial charge < -0.3 is 5.32 Å². The minimum Gasteiger partial charge on any atom is -0.313 e. The van der Waals surface area contributed by atoms with Gasteiger partial charge in [-0.1, -0.05) is 6.92 Å². The Hall–Kier alpha value is -0.540. The maximum absolute atomic E-state index is 5.94. The lowest BCUT2D eigenvalue weighted by molar-refractivity contribution is 0.547. The monoisotopic (exact) mass is 201 g/mol. The fraction of sp³-hybridized carbons (Fsp3) is 0.667. The average Bonchev–Trinajstić information content (AvgIpc) is 2.64. The predicted octanol–water partition coefficient (Wildman–Crippen LogP) is 1.49. The van der Waals surface area contributed by atoms with Crippen LogP contribution in [0.25, 0.3) is 0 Å². The summed E-state index contributed by atoms with van der Waals surface area (Å²) in [5.74, 6) is 0. The first-order chi connectivity index (χ1) is 6.33. The van der Waals surface area contributed by atoms with Crippen molar-refractivity contribution in [2.24, 2.45) is 0 Å². The molecule has 0 saturated heterocycles. The summed E-state index contributed by atoms with van der Waals surface area (Å²) in [6.45, 7) is 4.79. The van der Waals surface area contributed by atoms with Gasteiger partial charge in [-0.15, -0.1) is 11.6 Å². The van der Waals surface area contributed by atoms with Crippen molar-refractivity contribution in [3.8, 4) is 0 Å². The molecule has 0 aliphatic heterocycles. The summed E-state index contributed by atoms with van der Waals surface area (Å²) in [5.41, 5.74) is 0. The summed E-state index contributed by atoms with van der Waals surface area (Å²) in [6.07, 6.45) is 4.76. The lowest BCUT2D eigenvalue weighted by Gasteiger charge is -2.07. The zero-order valence-corrected chi connectivity index (χ0v) is 8.67. The van der Waals surface area contributed by atoms with Gasteiger partial charge in [0.15, 0.2) is 0 Å². The van der Waals surface area contributed by atoms with Crippen LogP contribution in [0.3, 0.4) is 0 Å². The first-order valence-electron chi connectivity index (χ1n) is 4.65. The van der Waals surface area contributed by atoms with E-state index in [2.05, 4.69) is 17.3 Å². The second-order valence-electron chi connectivity index (χ2n) is 2.98. The average molecular weight is 202 g/mol. The van der Waals surface area contributed by atoms with Gasteiger partial charge in [0.1, 0.15) is 0 Å². The Bertz CT molecular complexity index is 211. The van der Waals surface area contributed by atoms with E-state index >= 15 is 0 Å². The van der Waals surface area contributed by atoms with Crippen molar-refractivity contribution in [1.82, 2.24) is 15.1 Å². The molecule has 0 saturated carbocycles. The van der Waals surface area contributed by atoms with E-state index in [0.29, 0.717) is 0 Å². The van der Waals surface area contributed by atoms with Gasteiger partial charge in [0, 0.05) is 30.9 Å². The Morgan fingerprint density at radius 3 is 3.08 bits per heavy atom. The van der Waals surface area contributed by atoms with Gasteiger partial charge in [-0.3, -0.25) is 4.68 Å². The van der Waals surface area contributed by atoms with Crippen molar-refractivity contribution in [3.05, 3.63) is 18.5 Å². The van der Waals surface area contributed by atoms with E-state index in [1.54, 1.807) is 6.20 Å². The summed E-state index contributed by atoms with van der Waals surface area (Å²) in [6, 6.07) is 1.93. The van der Waals surface area contributed by atoms with E-state index in [1.807, 2.05) is 16.9 Å². The fourth-order valence-electron chi connectivity index (χ4n) is 1.03. The van der Waals surface area contributed by atoms with E-state index in [4.69, 9.17) is 11.6 Å². The van der Waals surface area contributed by atoms with Crippen molar-refractivity contribution in [2.75, 3.05) is 13.1 Å². The topological polar surface area (TPSA) is 29.9 Å². The zero-order chi connectivity index (χ0) is 9.52. The zero-order valence-electron chi connectivity index (χ0n) is 7.91. The summed E-state index contributed by atoms with van der Waals surface area (Å²) < 4.78 is 1.90. The SMILES string of the molecule is CCC(Cl)CNCCn1cccn1. The standard InChI is InChI=1S/C9H16ClN3/c1-2-9(10)8-11-5-7-13-6-3-4-12-13/h3-4,6,9,11H,2,5,7-8H2,1H3. The second-order valence-corrected chi connectivity index (χ2v) is 3.60. The molecule has 1 N–H and O–H groups in total. The molecular weight excluding hydrogens is 186 g/mol. The van der Waals surface area contributed by atoms with E-state index in [0.717, 1.165) is 26.1 Å². The van der Waals surface area contributed by atoms with Crippen LogP contribution in [0.5, 0.6) is 0 Å². The van der Waals surface area contributed by atoms with Crippen LogP contribution in [-0.2, 0) is 6.54 Å². The lowest BCUT2D eigenvalue weighted by Crippen LogP contribution is -2.26. The maximum Gasteiger partial charge on any atom is 0.0533 e. The van der Waals surface area contributed by atoms with Gasteiger partial charge in [0.05, 0.1) is 6.54 Å². The highest BCUT2D eigenvalue weighted by atomic mass is 35.5. The van der Waals surface area contributed by atoms with E-state index < -0.39 is 0 Å². The summed E-state index contributed by atoms with van der Waals surface area (Å²) in [4.78, 5) is 0. The molecule has 0 radical (unpaired) electrons. The molecule has 0 amide bonds. The molecule has 0 aromatic carbocycles. The minimum atomic E-state index is 0.248. The Kier molecular flexibility index (Phi) is 4.86. The normalized spacial score (nSPS) is 13.1. The fourth-order valence-corrected chi connectivity index (χ4v) is 1.14. The summed E-state index contributed by atoms with van der Waals surface area (Å²) in [7, 11) is 0. The molecule has 74 valence electrons. The predicted molar refractivity (Wildman–Crippen MR) is 55.0 cm³/mol. The molecule has 3 nitrogen and oxygen atoms in total. The molecule has 1 heterocycles. The summed E-state index contributed by atoms with van der Waals surface area (Å²) >= 11 is 5.94. The highest BCUT2D eigenvalue weighted by molar-refractivity contribution is 6.20. The molecule has 4 heteroatoms. The first-order valence-corrected chi connectivity index (χ1v) is 5.08. The number of nitrogens with one attached hydrogen (secondary N) is 1. The number of rotatable bonds is 6. The number of hydrogen-bond acceptors (Lipinski definition) is 2. The number of nitrogens with zero attached hydrogens (tertiary/aromatic N) is 2. The molecule has 0 bridgehead atoms. The van der Waals surface area contributed by atoms with E-state index in [9.17, 15) is 0 Å². The van der Waals surface area contributed by atoms with Crippen LogP contribution in [-0.4, -0.2) is 28.2 Å². The van der Waals surface area contributed by atoms with Gasteiger partial charge in [-0.2, -0.15) is 5.10 Å². The van der Waals surface area contributed by atoms with Crippen molar-refractivity contribution < 1.29 is 0 Å². The number of hydrogen-bond donors (Lipinski definition) is 1. The molecule has 1 aromatic heterocycles. The smallest absolute Gasteiger partial charge is 0.0533 e. The molecule has 1 aromatic rings. The van der Waals surface area contributed by atoms with Crippen molar-refractivity contribution in [2.45, 2.75) is 25.3 Å². The van der Waals surface area contributed by atoms with Crippen molar-refractivity contribution in [3.63, 3.8) is 0 Å². The van der Waals surface area contributed by atoms with Gasteiger partial charge in [0.25, 0.3) is 0 Å². The van der Waals surface area contributed by atoms with Crippen LogP contribution in [0.1, 0.15) is 13.3 Å². The molecule has 0 fully saturated rings. The highest BCUT2D eigenvalue weighted by Gasteiger charge is 1.98. The van der Waals surface area contributed by atoms with Crippen LogP contribution in [0.4, 0.5) is 0 Å². The Balaban J connectivity index is 2.02. The molecule has 1 rings (SSSR count). The quantitative estimate of drug-likeness (QED) is 0.559. The Morgan fingerprint density at radius 1 is 1.62 bits per heavy atom.